The van der Waals surface area contributed by atoms with E-state index in [9.17, 15) is 0 Å². The van der Waals surface area contributed by atoms with Crippen LogP contribution in [0.15, 0.2) is 28.8 Å². The first-order valence-corrected chi connectivity index (χ1v) is 7.13. The molecule has 1 aliphatic rings. The maximum atomic E-state index is 5.87. The minimum Gasteiger partial charge on any atom is -0.334 e. The quantitative estimate of drug-likeness (QED) is 0.940. The molecule has 1 fully saturated rings. The lowest BCUT2D eigenvalue weighted by molar-refractivity contribution is 0.160. The zero-order valence-electron chi connectivity index (χ0n) is 11.3. The average molecular weight is 293 g/mol. The van der Waals surface area contributed by atoms with E-state index in [2.05, 4.69) is 27.3 Å². The van der Waals surface area contributed by atoms with Crippen molar-refractivity contribution in [3.8, 4) is 11.5 Å². The molecule has 0 bridgehead atoms. The van der Waals surface area contributed by atoms with Crippen LogP contribution in [-0.4, -0.2) is 40.7 Å². The van der Waals surface area contributed by atoms with Gasteiger partial charge in [-0.1, -0.05) is 16.8 Å². The summed E-state index contributed by atoms with van der Waals surface area (Å²) in [6, 6.07) is 7.89. The van der Waals surface area contributed by atoms with E-state index < -0.39 is 0 Å². The number of nitrogens with one attached hydrogen (secondary N) is 1. The summed E-state index contributed by atoms with van der Waals surface area (Å²) in [5.74, 6) is 1.27. The zero-order valence-corrected chi connectivity index (χ0v) is 12.1. The Morgan fingerprint density at radius 3 is 2.95 bits per heavy atom. The summed E-state index contributed by atoms with van der Waals surface area (Å²) in [6.07, 6.45) is 0. The number of piperazine rings is 1. The summed E-state index contributed by atoms with van der Waals surface area (Å²) in [7, 11) is 0. The fourth-order valence-electron chi connectivity index (χ4n) is 2.33. The first-order valence-electron chi connectivity index (χ1n) is 6.75. The Hall–Kier alpha value is -1.43. The van der Waals surface area contributed by atoms with E-state index in [-0.39, 0.29) is 0 Å². The monoisotopic (exact) mass is 292 g/mol. The Morgan fingerprint density at radius 2 is 2.20 bits per heavy atom. The van der Waals surface area contributed by atoms with Crippen LogP contribution in [0.5, 0.6) is 0 Å². The highest BCUT2D eigenvalue weighted by Gasteiger charge is 2.20. The average Bonchev–Trinajstić information content (AvgIpc) is 2.91. The van der Waals surface area contributed by atoms with Gasteiger partial charge in [0.05, 0.1) is 6.54 Å². The van der Waals surface area contributed by atoms with Gasteiger partial charge in [-0.05, 0) is 31.2 Å². The summed E-state index contributed by atoms with van der Waals surface area (Å²) in [6.45, 7) is 5.94. The largest absolute Gasteiger partial charge is 0.334 e. The van der Waals surface area contributed by atoms with E-state index in [4.69, 9.17) is 16.1 Å². The van der Waals surface area contributed by atoms with Gasteiger partial charge in [-0.15, -0.1) is 0 Å². The summed E-state index contributed by atoms with van der Waals surface area (Å²) in [5.41, 5.74) is 0.890. The lowest BCUT2D eigenvalue weighted by Crippen LogP contribution is -2.49. The molecule has 1 aliphatic heterocycles. The molecule has 1 saturated heterocycles. The van der Waals surface area contributed by atoms with Gasteiger partial charge in [0.2, 0.25) is 0 Å². The standard InChI is InChI=1S/C14H17ClN4O/c1-10-8-16-6-7-19(10)9-13-17-14(20-18-13)11-2-4-12(15)5-3-11/h2-5,10,16H,6-9H2,1H3/t10-/m1/s1. The number of hydrogen-bond acceptors (Lipinski definition) is 5. The van der Waals surface area contributed by atoms with Gasteiger partial charge in [-0.25, -0.2) is 0 Å². The first kappa shape index (κ1) is 13.5. The Kier molecular flexibility index (Phi) is 4.00. The van der Waals surface area contributed by atoms with Gasteiger partial charge in [0.1, 0.15) is 0 Å². The second-order valence-corrected chi connectivity index (χ2v) is 5.48. The molecule has 5 nitrogen and oxygen atoms in total. The molecule has 1 N–H and O–H groups in total. The van der Waals surface area contributed by atoms with Crippen LogP contribution in [-0.2, 0) is 6.54 Å². The Bertz CT molecular complexity index is 569. The minimum atomic E-state index is 0.487. The maximum Gasteiger partial charge on any atom is 0.257 e. The normalized spacial score (nSPS) is 20.2. The van der Waals surface area contributed by atoms with E-state index in [1.165, 1.54) is 0 Å². The summed E-state index contributed by atoms with van der Waals surface area (Å²) >= 11 is 5.87. The van der Waals surface area contributed by atoms with Crippen molar-refractivity contribution in [3.63, 3.8) is 0 Å². The van der Waals surface area contributed by atoms with Crippen molar-refractivity contribution in [3.05, 3.63) is 35.1 Å². The Labute approximate surface area is 122 Å². The van der Waals surface area contributed by atoms with E-state index in [1.54, 1.807) is 0 Å². The molecule has 1 aromatic carbocycles. The van der Waals surface area contributed by atoms with Crippen molar-refractivity contribution in [1.82, 2.24) is 20.4 Å². The van der Waals surface area contributed by atoms with Crippen molar-refractivity contribution in [2.75, 3.05) is 19.6 Å². The molecule has 6 heteroatoms. The van der Waals surface area contributed by atoms with Gasteiger partial charge in [-0.2, -0.15) is 4.98 Å². The fraction of sp³-hybridized carbons (Fsp3) is 0.429. The second-order valence-electron chi connectivity index (χ2n) is 5.05. The van der Waals surface area contributed by atoms with E-state index in [0.29, 0.717) is 17.0 Å². The van der Waals surface area contributed by atoms with Gasteiger partial charge in [0.15, 0.2) is 5.82 Å². The molecule has 3 rings (SSSR count). The van der Waals surface area contributed by atoms with Crippen LogP contribution in [0.2, 0.25) is 5.02 Å². The molecule has 20 heavy (non-hydrogen) atoms. The molecule has 0 spiro atoms. The topological polar surface area (TPSA) is 54.2 Å². The van der Waals surface area contributed by atoms with Gasteiger partial charge in [-0.3, -0.25) is 4.90 Å². The predicted molar refractivity (Wildman–Crippen MR) is 77.5 cm³/mol. The van der Waals surface area contributed by atoms with Gasteiger partial charge < -0.3 is 9.84 Å². The van der Waals surface area contributed by atoms with Gasteiger partial charge >= 0.3 is 0 Å². The first-order chi connectivity index (χ1) is 9.72. The Morgan fingerprint density at radius 1 is 1.40 bits per heavy atom. The van der Waals surface area contributed by atoms with E-state index >= 15 is 0 Å². The molecular formula is C14H17ClN4O. The van der Waals surface area contributed by atoms with E-state index in [1.807, 2.05) is 24.3 Å². The highest BCUT2D eigenvalue weighted by molar-refractivity contribution is 6.30. The lowest BCUT2D eigenvalue weighted by atomic mass is 10.2. The molecule has 0 amide bonds. The molecule has 1 atom stereocenters. The third-order valence-electron chi connectivity index (χ3n) is 3.54. The Balaban J connectivity index is 1.71. The second kappa shape index (κ2) is 5.91. The molecule has 106 valence electrons. The van der Waals surface area contributed by atoms with Gasteiger partial charge in [0.25, 0.3) is 5.89 Å². The molecule has 1 aromatic heterocycles. The molecule has 0 aliphatic carbocycles. The molecule has 2 heterocycles. The van der Waals surface area contributed by atoms with Crippen molar-refractivity contribution in [2.24, 2.45) is 0 Å². The molecule has 0 unspecified atom stereocenters. The van der Waals surface area contributed by atoms with Crippen LogP contribution < -0.4 is 5.32 Å². The van der Waals surface area contributed by atoms with Crippen LogP contribution in [0, 0.1) is 0 Å². The molecule has 2 aromatic rings. The van der Waals surface area contributed by atoms with Crippen LogP contribution in [0.4, 0.5) is 0 Å². The SMILES string of the molecule is C[C@@H]1CNCCN1Cc1noc(-c2ccc(Cl)cc2)n1. The number of hydrogen-bond donors (Lipinski definition) is 1. The van der Waals surface area contributed by atoms with Crippen molar-refractivity contribution in [2.45, 2.75) is 19.5 Å². The molecular weight excluding hydrogens is 276 g/mol. The summed E-state index contributed by atoms with van der Waals surface area (Å²) in [4.78, 5) is 6.81. The smallest absolute Gasteiger partial charge is 0.257 e. The number of nitrogens with zero attached hydrogens (tertiary/aromatic N) is 3. The number of benzene rings is 1. The van der Waals surface area contributed by atoms with Crippen LogP contribution >= 0.6 is 11.6 Å². The van der Waals surface area contributed by atoms with Crippen molar-refractivity contribution >= 4 is 11.6 Å². The maximum absolute atomic E-state index is 5.87. The van der Waals surface area contributed by atoms with Crippen molar-refractivity contribution < 1.29 is 4.52 Å². The van der Waals surface area contributed by atoms with Crippen LogP contribution in [0.1, 0.15) is 12.7 Å². The predicted octanol–water partition coefficient (Wildman–Crippen LogP) is 2.18. The number of rotatable bonds is 3. The van der Waals surface area contributed by atoms with Gasteiger partial charge in [0, 0.05) is 36.3 Å². The lowest BCUT2D eigenvalue weighted by Gasteiger charge is -2.32. The fourth-order valence-corrected chi connectivity index (χ4v) is 2.45. The number of aromatic nitrogens is 2. The third-order valence-corrected chi connectivity index (χ3v) is 3.79. The molecule has 0 saturated carbocycles. The number of halogens is 1. The third kappa shape index (κ3) is 3.00. The van der Waals surface area contributed by atoms with Crippen molar-refractivity contribution in [1.29, 1.82) is 0 Å². The molecule has 0 radical (unpaired) electrons. The highest BCUT2D eigenvalue weighted by atomic mass is 35.5. The summed E-state index contributed by atoms with van der Waals surface area (Å²) < 4.78 is 5.32. The van der Waals surface area contributed by atoms with Crippen LogP contribution in [0.25, 0.3) is 11.5 Å². The zero-order chi connectivity index (χ0) is 13.9. The summed E-state index contributed by atoms with van der Waals surface area (Å²) in [5, 5.41) is 8.13. The van der Waals surface area contributed by atoms with Crippen LogP contribution in [0.3, 0.4) is 0 Å². The minimum absolute atomic E-state index is 0.487. The highest BCUT2D eigenvalue weighted by Crippen LogP contribution is 2.20. The van der Waals surface area contributed by atoms with E-state index in [0.717, 1.165) is 37.6 Å².